The molecule has 0 bridgehead atoms. The first-order valence-corrected chi connectivity index (χ1v) is 6.67. The summed E-state index contributed by atoms with van der Waals surface area (Å²) in [7, 11) is 3.58. The van der Waals surface area contributed by atoms with Crippen molar-refractivity contribution in [2.75, 3.05) is 0 Å². The van der Waals surface area contributed by atoms with Crippen LogP contribution in [0.4, 0.5) is 0 Å². The van der Waals surface area contributed by atoms with E-state index in [-0.39, 0.29) is 5.69 Å². The predicted octanol–water partition coefficient (Wildman–Crippen LogP) is 2.43. The van der Waals surface area contributed by atoms with Crippen LogP contribution in [0.3, 0.4) is 0 Å². The molecule has 0 aliphatic rings. The number of carbonyl (C=O) groups is 1. The Morgan fingerprint density at radius 1 is 1.25 bits per heavy atom. The number of carboxylic acids is 1. The minimum absolute atomic E-state index is 0.0285. The largest absolute Gasteiger partial charge is 0.476 e. The summed E-state index contributed by atoms with van der Waals surface area (Å²) in [6.07, 6.45) is 0. The van der Waals surface area contributed by atoms with Crippen LogP contribution in [0, 0.1) is 0 Å². The van der Waals surface area contributed by atoms with E-state index in [1.54, 1.807) is 22.5 Å². The number of benzene rings is 1. The van der Waals surface area contributed by atoms with Gasteiger partial charge in [0.2, 0.25) is 0 Å². The van der Waals surface area contributed by atoms with Crippen molar-refractivity contribution in [2.45, 2.75) is 0 Å². The zero-order valence-corrected chi connectivity index (χ0v) is 12.4. The molecule has 7 heteroatoms. The predicted molar refractivity (Wildman–Crippen MR) is 77.6 cm³/mol. The van der Waals surface area contributed by atoms with Gasteiger partial charge in [-0.3, -0.25) is 9.36 Å². The number of fused-ring (bicyclic) bond motifs is 1. The first-order valence-electron chi connectivity index (χ1n) is 5.88. The average Bonchev–Trinajstić information content (AvgIpc) is 2.92. The molecule has 0 radical (unpaired) electrons. The summed E-state index contributed by atoms with van der Waals surface area (Å²) in [5.41, 5.74) is 2.59. The van der Waals surface area contributed by atoms with Crippen molar-refractivity contribution in [1.82, 2.24) is 19.6 Å². The second-order valence-corrected chi connectivity index (χ2v) is 5.21. The van der Waals surface area contributed by atoms with Crippen LogP contribution in [0.25, 0.3) is 22.2 Å². The lowest BCUT2D eigenvalue weighted by Crippen LogP contribution is -1.99. The van der Waals surface area contributed by atoms with Crippen molar-refractivity contribution in [3.05, 3.63) is 34.6 Å². The highest BCUT2D eigenvalue weighted by Gasteiger charge is 2.17. The normalized spacial score (nSPS) is 11.2. The number of nitrogens with zero attached hydrogens (tertiary/aromatic N) is 4. The van der Waals surface area contributed by atoms with Crippen LogP contribution in [0.5, 0.6) is 0 Å². The zero-order chi connectivity index (χ0) is 14.4. The molecular formula is C13H11BrN4O2. The molecule has 3 rings (SSSR count). The molecule has 102 valence electrons. The Morgan fingerprint density at radius 3 is 2.65 bits per heavy atom. The third-order valence-corrected chi connectivity index (χ3v) is 3.78. The van der Waals surface area contributed by atoms with E-state index in [4.69, 9.17) is 5.11 Å². The van der Waals surface area contributed by atoms with Gasteiger partial charge < -0.3 is 5.11 Å². The molecule has 1 aromatic carbocycles. The van der Waals surface area contributed by atoms with Crippen LogP contribution in [-0.2, 0) is 14.1 Å². The molecule has 0 unspecified atom stereocenters. The minimum atomic E-state index is -1.04. The van der Waals surface area contributed by atoms with Gasteiger partial charge in [-0.1, -0.05) is 12.1 Å². The van der Waals surface area contributed by atoms with Crippen LogP contribution < -0.4 is 0 Å². The molecule has 1 N–H and O–H groups in total. The molecule has 3 aromatic rings. The van der Waals surface area contributed by atoms with E-state index >= 15 is 0 Å². The first-order chi connectivity index (χ1) is 9.49. The monoisotopic (exact) mass is 334 g/mol. The fraction of sp³-hybridized carbons (Fsp3) is 0.154. The van der Waals surface area contributed by atoms with E-state index in [9.17, 15) is 4.79 Å². The highest BCUT2D eigenvalue weighted by atomic mass is 79.9. The molecule has 20 heavy (non-hydrogen) atoms. The molecule has 0 atom stereocenters. The number of aromatic nitrogens is 4. The summed E-state index contributed by atoms with van der Waals surface area (Å²) in [5.74, 6) is -1.04. The third-order valence-electron chi connectivity index (χ3n) is 3.19. The van der Waals surface area contributed by atoms with Crippen molar-refractivity contribution in [3.63, 3.8) is 0 Å². The van der Waals surface area contributed by atoms with Gasteiger partial charge in [-0.2, -0.15) is 10.2 Å². The van der Waals surface area contributed by atoms with Crippen LogP contribution in [0.2, 0.25) is 0 Å². The number of carboxylic acid groups (broad SMARTS) is 1. The van der Waals surface area contributed by atoms with Gasteiger partial charge in [0.1, 0.15) is 4.60 Å². The van der Waals surface area contributed by atoms with Gasteiger partial charge in [-0.15, -0.1) is 0 Å². The van der Waals surface area contributed by atoms with Crippen molar-refractivity contribution in [1.29, 1.82) is 0 Å². The Bertz CT molecular complexity index is 834. The van der Waals surface area contributed by atoms with Crippen LogP contribution >= 0.6 is 15.9 Å². The summed E-state index contributed by atoms with van der Waals surface area (Å²) in [4.78, 5) is 11.0. The van der Waals surface area contributed by atoms with Crippen molar-refractivity contribution >= 4 is 32.8 Å². The van der Waals surface area contributed by atoms with E-state index in [0.29, 0.717) is 0 Å². The molecule has 6 nitrogen and oxygen atoms in total. The Labute approximate surface area is 122 Å². The van der Waals surface area contributed by atoms with E-state index in [0.717, 1.165) is 26.8 Å². The maximum absolute atomic E-state index is 11.0. The van der Waals surface area contributed by atoms with Crippen LogP contribution in [0.1, 0.15) is 10.5 Å². The number of aromatic carboxylic acids is 1. The average molecular weight is 335 g/mol. The van der Waals surface area contributed by atoms with Gasteiger partial charge >= 0.3 is 5.97 Å². The van der Waals surface area contributed by atoms with Gasteiger partial charge in [0.05, 0.1) is 11.2 Å². The van der Waals surface area contributed by atoms with Crippen molar-refractivity contribution < 1.29 is 9.90 Å². The molecule has 2 aromatic heterocycles. The molecule has 0 fully saturated rings. The molecule has 0 saturated carbocycles. The van der Waals surface area contributed by atoms with Gasteiger partial charge in [0, 0.05) is 25.0 Å². The molecule has 0 spiro atoms. The first kappa shape index (κ1) is 12.9. The van der Waals surface area contributed by atoms with Gasteiger partial charge in [0.25, 0.3) is 0 Å². The van der Waals surface area contributed by atoms with Crippen LogP contribution in [0.15, 0.2) is 28.9 Å². The zero-order valence-electron chi connectivity index (χ0n) is 10.8. The lowest BCUT2D eigenvalue weighted by Gasteiger charge is -2.05. The number of halogens is 1. The number of para-hydroxylation sites is 1. The Hall–Kier alpha value is -2.15. The number of hydrogen-bond acceptors (Lipinski definition) is 3. The maximum Gasteiger partial charge on any atom is 0.356 e. The van der Waals surface area contributed by atoms with E-state index in [1.165, 1.54) is 0 Å². The summed E-state index contributed by atoms with van der Waals surface area (Å²) < 4.78 is 4.10. The van der Waals surface area contributed by atoms with E-state index in [2.05, 4.69) is 26.1 Å². The third kappa shape index (κ3) is 1.82. The highest BCUT2D eigenvalue weighted by molar-refractivity contribution is 9.10. The van der Waals surface area contributed by atoms with E-state index in [1.807, 2.05) is 25.2 Å². The van der Waals surface area contributed by atoms with Crippen molar-refractivity contribution in [2.24, 2.45) is 14.1 Å². The molecule has 0 amide bonds. The van der Waals surface area contributed by atoms with Gasteiger partial charge in [-0.25, -0.2) is 4.79 Å². The minimum Gasteiger partial charge on any atom is -0.476 e. The maximum atomic E-state index is 11.0. The number of aryl methyl sites for hydroxylation is 2. The van der Waals surface area contributed by atoms with Gasteiger partial charge in [0.15, 0.2) is 5.69 Å². The lowest BCUT2D eigenvalue weighted by atomic mass is 10.1. The second kappa shape index (κ2) is 4.45. The SMILES string of the molecule is Cn1nc(C(=O)O)cc1-c1cccc2c(Br)nn(C)c12. The summed E-state index contributed by atoms with van der Waals surface area (Å²) in [6.45, 7) is 0. The Balaban J connectivity index is 2.32. The highest BCUT2D eigenvalue weighted by Crippen LogP contribution is 2.32. The lowest BCUT2D eigenvalue weighted by molar-refractivity contribution is 0.0689. The fourth-order valence-corrected chi connectivity index (χ4v) is 2.88. The molecule has 0 saturated heterocycles. The molecular weight excluding hydrogens is 324 g/mol. The Kier molecular flexibility index (Phi) is 2.86. The molecule has 2 heterocycles. The van der Waals surface area contributed by atoms with E-state index < -0.39 is 5.97 Å². The Morgan fingerprint density at radius 2 is 2.00 bits per heavy atom. The molecule has 0 aliphatic heterocycles. The van der Waals surface area contributed by atoms with Crippen LogP contribution in [-0.4, -0.2) is 30.6 Å². The smallest absolute Gasteiger partial charge is 0.356 e. The second-order valence-electron chi connectivity index (χ2n) is 4.46. The summed E-state index contributed by atoms with van der Waals surface area (Å²) in [5, 5.41) is 18.4. The summed E-state index contributed by atoms with van der Waals surface area (Å²) in [6, 6.07) is 7.37. The number of hydrogen-bond donors (Lipinski definition) is 1. The summed E-state index contributed by atoms with van der Waals surface area (Å²) >= 11 is 3.42. The molecule has 0 aliphatic carbocycles. The topological polar surface area (TPSA) is 72.9 Å². The fourth-order valence-electron chi connectivity index (χ4n) is 2.32. The standard InChI is InChI=1S/C13H11BrN4O2/c1-17-10(6-9(15-17)13(19)20)7-4-3-5-8-11(7)18(2)16-12(8)14/h3-6H,1-2H3,(H,19,20). The van der Waals surface area contributed by atoms with Gasteiger partial charge in [-0.05, 0) is 28.1 Å². The number of rotatable bonds is 2. The quantitative estimate of drug-likeness (QED) is 0.781. The van der Waals surface area contributed by atoms with Crippen molar-refractivity contribution in [3.8, 4) is 11.3 Å².